The van der Waals surface area contributed by atoms with Crippen LogP contribution in [0.3, 0.4) is 0 Å². The predicted molar refractivity (Wildman–Crippen MR) is 77.1 cm³/mol. The maximum absolute atomic E-state index is 9.16. The molecule has 0 heterocycles. The highest BCUT2D eigenvalue weighted by atomic mass is 32.1. The lowest BCUT2D eigenvalue weighted by atomic mass is 9.82. The number of aliphatic hydroxyl groups excluding tert-OH is 1. The van der Waals surface area contributed by atoms with Crippen LogP contribution >= 0.6 is 12.6 Å². The predicted octanol–water partition coefficient (Wildman–Crippen LogP) is 3.97. The molecule has 2 fully saturated rings. The molecule has 104 valence electrons. The van der Waals surface area contributed by atoms with E-state index in [1.54, 1.807) is 0 Å². The molecule has 1 N–H and O–H groups in total. The highest BCUT2D eigenvalue weighted by molar-refractivity contribution is 7.81. The minimum Gasteiger partial charge on any atom is -0.396 e. The Hall–Kier alpha value is -0.0900. The molecule has 0 aromatic heterocycles. The zero-order chi connectivity index (χ0) is 12.8. The SMILES string of the molecule is OCCC1CCCCC1(S)N=NC1CCCCC1. The van der Waals surface area contributed by atoms with E-state index in [-0.39, 0.29) is 11.5 Å². The minimum atomic E-state index is -0.307. The van der Waals surface area contributed by atoms with Gasteiger partial charge in [0.05, 0.1) is 6.04 Å². The van der Waals surface area contributed by atoms with Crippen LogP contribution in [0.4, 0.5) is 0 Å². The Morgan fingerprint density at radius 2 is 1.78 bits per heavy atom. The van der Waals surface area contributed by atoms with Crippen LogP contribution in [-0.2, 0) is 0 Å². The minimum absolute atomic E-state index is 0.242. The summed E-state index contributed by atoms with van der Waals surface area (Å²) in [4.78, 5) is -0.307. The summed E-state index contributed by atoms with van der Waals surface area (Å²) in [6, 6.07) is 0.430. The molecule has 0 aromatic rings. The monoisotopic (exact) mass is 270 g/mol. The number of hydrogen-bond acceptors (Lipinski definition) is 4. The molecular weight excluding hydrogens is 244 g/mol. The highest BCUT2D eigenvalue weighted by Crippen LogP contribution is 2.42. The average molecular weight is 270 g/mol. The van der Waals surface area contributed by atoms with E-state index in [0.29, 0.717) is 12.0 Å². The summed E-state index contributed by atoms with van der Waals surface area (Å²) in [6.45, 7) is 0.242. The fourth-order valence-corrected chi connectivity index (χ4v) is 3.72. The summed E-state index contributed by atoms with van der Waals surface area (Å²) in [7, 11) is 0. The number of thiol groups is 1. The van der Waals surface area contributed by atoms with E-state index >= 15 is 0 Å². The largest absolute Gasteiger partial charge is 0.396 e. The van der Waals surface area contributed by atoms with Crippen LogP contribution in [0.15, 0.2) is 10.2 Å². The van der Waals surface area contributed by atoms with Crippen LogP contribution in [0.2, 0.25) is 0 Å². The Bertz CT molecular complexity index is 277. The smallest absolute Gasteiger partial charge is 0.127 e. The zero-order valence-electron chi connectivity index (χ0n) is 11.2. The molecule has 3 nitrogen and oxygen atoms in total. The van der Waals surface area contributed by atoms with E-state index in [1.807, 2.05) is 0 Å². The molecule has 4 heteroatoms. The Morgan fingerprint density at radius 1 is 1.06 bits per heavy atom. The van der Waals surface area contributed by atoms with Gasteiger partial charge >= 0.3 is 0 Å². The van der Waals surface area contributed by atoms with Crippen molar-refractivity contribution < 1.29 is 5.11 Å². The third-order valence-corrected chi connectivity index (χ3v) is 5.13. The van der Waals surface area contributed by atoms with Crippen molar-refractivity contribution >= 4 is 12.6 Å². The van der Waals surface area contributed by atoms with E-state index in [4.69, 9.17) is 17.7 Å². The van der Waals surface area contributed by atoms with Gasteiger partial charge in [0, 0.05) is 6.61 Å². The van der Waals surface area contributed by atoms with Crippen molar-refractivity contribution in [3.8, 4) is 0 Å². The van der Waals surface area contributed by atoms with Gasteiger partial charge in [-0.1, -0.05) is 32.1 Å². The van der Waals surface area contributed by atoms with Crippen molar-refractivity contribution in [2.24, 2.45) is 16.1 Å². The molecule has 18 heavy (non-hydrogen) atoms. The number of nitrogens with zero attached hydrogens (tertiary/aromatic N) is 2. The van der Waals surface area contributed by atoms with Gasteiger partial charge in [-0.2, -0.15) is 10.2 Å². The second kappa shape index (κ2) is 6.90. The van der Waals surface area contributed by atoms with E-state index in [2.05, 4.69) is 10.2 Å². The molecule has 0 saturated heterocycles. The first-order valence-electron chi connectivity index (χ1n) is 7.50. The lowest BCUT2D eigenvalue weighted by Gasteiger charge is -2.36. The first-order valence-corrected chi connectivity index (χ1v) is 7.94. The first-order chi connectivity index (χ1) is 8.74. The normalized spacial score (nSPS) is 35.1. The van der Waals surface area contributed by atoms with E-state index in [1.165, 1.54) is 44.9 Å². The number of hydrogen-bond donors (Lipinski definition) is 2. The Kier molecular flexibility index (Phi) is 5.49. The molecular formula is C14H26N2OS. The van der Waals surface area contributed by atoms with Crippen LogP contribution in [0.1, 0.15) is 64.2 Å². The lowest BCUT2D eigenvalue weighted by molar-refractivity contribution is 0.195. The van der Waals surface area contributed by atoms with Crippen molar-refractivity contribution in [3.05, 3.63) is 0 Å². The summed E-state index contributed by atoms with van der Waals surface area (Å²) in [5, 5.41) is 18.4. The van der Waals surface area contributed by atoms with E-state index < -0.39 is 0 Å². The summed E-state index contributed by atoms with van der Waals surface area (Å²) >= 11 is 4.81. The molecule has 0 radical (unpaired) electrons. The standard InChI is InChI=1S/C14H26N2OS/c17-11-9-12-6-4-5-10-14(12,18)16-15-13-7-2-1-3-8-13/h12-13,17-18H,1-11H2. The third-order valence-electron chi connectivity index (χ3n) is 4.45. The van der Waals surface area contributed by atoms with Crippen LogP contribution < -0.4 is 0 Å². The molecule has 0 amide bonds. The van der Waals surface area contributed by atoms with Gasteiger partial charge in [-0.3, -0.25) is 0 Å². The Morgan fingerprint density at radius 3 is 2.50 bits per heavy atom. The average Bonchev–Trinajstić information content (AvgIpc) is 2.41. The number of azo groups is 1. The van der Waals surface area contributed by atoms with Gasteiger partial charge in [0.25, 0.3) is 0 Å². The molecule has 0 aromatic carbocycles. The van der Waals surface area contributed by atoms with Crippen molar-refractivity contribution in [3.63, 3.8) is 0 Å². The number of aliphatic hydroxyl groups is 1. The summed E-state index contributed by atoms with van der Waals surface area (Å²) in [6.07, 6.45) is 11.7. The van der Waals surface area contributed by atoms with Gasteiger partial charge < -0.3 is 5.11 Å². The summed E-state index contributed by atoms with van der Waals surface area (Å²) in [5.74, 6) is 0.395. The van der Waals surface area contributed by atoms with Crippen LogP contribution in [0.5, 0.6) is 0 Å². The first kappa shape index (κ1) is 14.3. The van der Waals surface area contributed by atoms with Crippen LogP contribution in [0, 0.1) is 5.92 Å². The summed E-state index contributed by atoms with van der Waals surface area (Å²) < 4.78 is 0. The van der Waals surface area contributed by atoms with Gasteiger partial charge in [-0.25, -0.2) is 0 Å². The maximum Gasteiger partial charge on any atom is 0.127 e. The molecule has 2 saturated carbocycles. The topological polar surface area (TPSA) is 45.0 Å². The fraction of sp³-hybridized carbons (Fsp3) is 1.00. The second-order valence-corrected chi connectivity index (χ2v) is 6.62. The third kappa shape index (κ3) is 3.70. The molecule has 2 aliphatic rings. The van der Waals surface area contributed by atoms with Crippen molar-refractivity contribution in [1.82, 2.24) is 0 Å². The quantitative estimate of drug-likeness (QED) is 0.589. The lowest BCUT2D eigenvalue weighted by Crippen LogP contribution is -2.34. The Balaban J connectivity index is 1.96. The van der Waals surface area contributed by atoms with Crippen LogP contribution in [-0.4, -0.2) is 22.6 Å². The zero-order valence-corrected chi connectivity index (χ0v) is 12.1. The van der Waals surface area contributed by atoms with E-state index in [9.17, 15) is 0 Å². The number of rotatable bonds is 4. The molecule has 2 unspecified atom stereocenters. The molecule has 0 bridgehead atoms. The fourth-order valence-electron chi connectivity index (χ4n) is 3.25. The van der Waals surface area contributed by atoms with Gasteiger partial charge in [-0.15, -0.1) is 12.6 Å². The van der Waals surface area contributed by atoms with Gasteiger partial charge in [0.15, 0.2) is 0 Å². The van der Waals surface area contributed by atoms with Gasteiger partial charge in [0.2, 0.25) is 0 Å². The van der Waals surface area contributed by atoms with Crippen molar-refractivity contribution in [2.75, 3.05) is 6.61 Å². The van der Waals surface area contributed by atoms with Gasteiger partial charge in [0.1, 0.15) is 4.87 Å². The molecule has 0 aliphatic heterocycles. The van der Waals surface area contributed by atoms with E-state index in [0.717, 1.165) is 19.3 Å². The Labute approximate surface area is 116 Å². The summed E-state index contributed by atoms with van der Waals surface area (Å²) in [5.41, 5.74) is 0. The maximum atomic E-state index is 9.16. The molecule has 2 atom stereocenters. The molecule has 0 spiro atoms. The molecule has 2 aliphatic carbocycles. The van der Waals surface area contributed by atoms with Crippen molar-refractivity contribution in [2.45, 2.75) is 75.1 Å². The molecule has 2 rings (SSSR count). The van der Waals surface area contributed by atoms with Crippen LogP contribution in [0.25, 0.3) is 0 Å². The van der Waals surface area contributed by atoms with Gasteiger partial charge in [-0.05, 0) is 38.0 Å². The second-order valence-electron chi connectivity index (χ2n) is 5.84. The van der Waals surface area contributed by atoms with Crippen molar-refractivity contribution in [1.29, 1.82) is 0 Å². The highest BCUT2D eigenvalue weighted by Gasteiger charge is 2.37.